The molecule has 1 aliphatic heterocycles. The molecule has 122 valence electrons. The average Bonchev–Trinajstić information content (AvgIpc) is 2.82. The Kier molecular flexibility index (Phi) is 4.61. The van der Waals surface area contributed by atoms with Gasteiger partial charge in [0.15, 0.2) is 0 Å². The molecule has 24 heavy (non-hydrogen) atoms. The number of pyridine rings is 1. The van der Waals surface area contributed by atoms with Crippen LogP contribution in [-0.2, 0) is 14.3 Å². The Morgan fingerprint density at radius 1 is 1.25 bits per heavy atom. The average molecular weight is 342 g/mol. The zero-order valence-electron chi connectivity index (χ0n) is 12.9. The molecule has 1 aliphatic rings. The maximum Gasteiger partial charge on any atom is 0.326 e. The second-order valence-corrected chi connectivity index (χ2v) is 5.99. The van der Waals surface area contributed by atoms with E-state index in [-0.39, 0.29) is 18.1 Å². The van der Waals surface area contributed by atoms with E-state index in [0.29, 0.717) is 5.69 Å². The van der Waals surface area contributed by atoms with Crippen molar-refractivity contribution in [1.82, 2.24) is 9.88 Å². The lowest BCUT2D eigenvalue weighted by Crippen LogP contribution is -2.34. The van der Waals surface area contributed by atoms with Gasteiger partial charge in [0.2, 0.25) is 0 Å². The minimum Gasteiger partial charge on any atom is -0.465 e. The van der Waals surface area contributed by atoms with E-state index < -0.39 is 17.1 Å². The van der Waals surface area contributed by atoms with Crippen LogP contribution in [0, 0.1) is 0 Å². The van der Waals surface area contributed by atoms with Crippen LogP contribution >= 0.6 is 11.8 Å². The van der Waals surface area contributed by atoms with Crippen LogP contribution in [0.5, 0.6) is 0 Å². The molecule has 1 fully saturated rings. The molecule has 0 spiro atoms. The summed E-state index contributed by atoms with van der Waals surface area (Å²) in [5.41, 5.74) is 1.38. The lowest BCUT2D eigenvalue weighted by atomic mass is 10.2. The molecule has 1 aromatic carbocycles. The van der Waals surface area contributed by atoms with Crippen molar-refractivity contribution in [1.29, 1.82) is 0 Å². The van der Waals surface area contributed by atoms with Crippen molar-refractivity contribution in [2.45, 2.75) is 6.92 Å². The lowest BCUT2D eigenvalue weighted by Gasteiger charge is -2.10. The topological polar surface area (TPSA) is 76.6 Å². The Balaban J connectivity index is 1.83. The van der Waals surface area contributed by atoms with Crippen molar-refractivity contribution in [3.05, 3.63) is 47.0 Å². The van der Waals surface area contributed by atoms with Gasteiger partial charge in [-0.2, -0.15) is 0 Å². The zero-order chi connectivity index (χ0) is 17.1. The molecule has 0 unspecified atom stereocenters. The number of rotatable bonds is 4. The summed E-state index contributed by atoms with van der Waals surface area (Å²) in [4.78, 5) is 41.3. The van der Waals surface area contributed by atoms with Gasteiger partial charge >= 0.3 is 5.97 Å². The van der Waals surface area contributed by atoms with Gasteiger partial charge < -0.3 is 4.74 Å². The second-order valence-electron chi connectivity index (χ2n) is 5.00. The molecule has 2 amide bonds. The number of amides is 2. The Hall–Kier alpha value is -2.67. The second kappa shape index (κ2) is 6.84. The number of para-hydroxylation sites is 1. The van der Waals surface area contributed by atoms with E-state index in [1.165, 1.54) is 0 Å². The molecule has 0 aliphatic carbocycles. The van der Waals surface area contributed by atoms with E-state index in [4.69, 9.17) is 4.74 Å². The van der Waals surface area contributed by atoms with E-state index in [2.05, 4.69) is 4.98 Å². The molecule has 6 nitrogen and oxygen atoms in total. The molecule has 2 aromatic rings. The Morgan fingerprint density at radius 2 is 2.04 bits per heavy atom. The Bertz CT molecular complexity index is 863. The van der Waals surface area contributed by atoms with Crippen LogP contribution in [0.1, 0.15) is 12.6 Å². The zero-order valence-corrected chi connectivity index (χ0v) is 13.7. The highest BCUT2D eigenvalue weighted by molar-refractivity contribution is 8.18. The number of aromatic nitrogens is 1. The number of carbonyl (C=O) groups excluding carboxylic acids is 3. The predicted octanol–water partition coefficient (Wildman–Crippen LogP) is 2.83. The van der Waals surface area contributed by atoms with Crippen molar-refractivity contribution in [2.75, 3.05) is 13.2 Å². The standard InChI is InChI=1S/C17H14N2O4S/c1-2-23-15(20)10-19-16(21)14(24-17(19)22)9-12-8-7-11-5-3-4-6-13(11)18-12/h3-9H,2,10H2,1H3/b14-9-. The molecule has 0 bridgehead atoms. The van der Waals surface area contributed by atoms with Gasteiger partial charge in [0, 0.05) is 5.39 Å². The molecule has 0 atom stereocenters. The summed E-state index contributed by atoms with van der Waals surface area (Å²) in [5.74, 6) is -1.11. The van der Waals surface area contributed by atoms with E-state index in [9.17, 15) is 14.4 Å². The maximum absolute atomic E-state index is 12.3. The van der Waals surface area contributed by atoms with Gasteiger partial charge in [0.25, 0.3) is 11.1 Å². The molecule has 7 heteroatoms. The molecule has 1 saturated heterocycles. The summed E-state index contributed by atoms with van der Waals surface area (Å²) in [6.07, 6.45) is 1.56. The first-order chi connectivity index (χ1) is 11.6. The van der Waals surface area contributed by atoms with Gasteiger partial charge in [0.1, 0.15) is 6.54 Å². The van der Waals surface area contributed by atoms with Gasteiger partial charge in [-0.25, -0.2) is 4.98 Å². The summed E-state index contributed by atoms with van der Waals surface area (Å²) in [6, 6.07) is 11.3. The number of ether oxygens (including phenoxy) is 1. The van der Waals surface area contributed by atoms with E-state index in [0.717, 1.165) is 27.6 Å². The molecule has 0 radical (unpaired) electrons. The number of hydrogen-bond donors (Lipinski definition) is 0. The van der Waals surface area contributed by atoms with E-state index in [1.807, 2.05) is 30.3 Å². The third-order valence-corrected chi connectivity index (χ3v) is 4.27. The van der Waals surface area contributed by atoms with E-state index in [1.54, 1.807) is 19.1 Å². The molecular weight excluding hydrogens is 328 g/mol. The predicted molar refractivity (Wildman–Crippen MR) is 91.1 cm³/mol. The van der Waals surface area contributed by atoms with Crippen LogP contribution in [0.3, 0.4) is 0 Å². The first-order valence-corrected chi connectivity index (χ1v) is 8.17. The van der Waals surface area contributed by atoms with Crippen molar-refractivity contribution < 1.29 is 19.1 Å². The highest BCUT2D eigenvalue weighted by Gasteiger charge is 2.36. The quantitative estimate of drug-likeness (QED) is 0.628. The van der Waals surface area contributed by atoms with Crippen LogP contribution in [0.25, 0.3) is 17.0 Å². The fourth-order valence-electron chi connectivity index (χ4n) is 2.27. The van der Waals surface area contributed by atoms with Gasteiger partial charge in [-0.1, -0.05) is 24.3 Å². The van der Waals surface area contributed by atoms with Gasteiger partial charge in [-0.15, -0.1) is 0 Å². The summed E-state index contributed by atoms with van der Waals surface area (Å²) in [7, 11) is 0. The highest BCUT2D eigenvalue weighted by atomic mass is 32.2. The molecule has 0 saturated carbocycles. The number of nitrogens with zero attached hydrogens (tertiary/aromatic N) is 2. The number of esters is 1. The van der Waals surface area contributed by atoms with Crippen molar-refractivity contribution in [3.63, 3.8) is 0 Å². The van der Waals surface area contributed by atoms with Gasteiger partial charge in [-0.05, 0) is 36.9 Å². The van der Waals surface area contributed by atoms with Crippen molar-refractivity contribution in [3.8, 4) is 0 Å². The fourth-order valence-corrected chi connectivity index (χ4v) is 3.09. The number of imide groups is 1. The smallest absolute Gasteiger partial charge is 0.326 e. The van der Waals surface area contributed by atoms with Gasteiger partial charge in [0.05, 0.1) is 22.7 Å². The molecule has 2 heterocycles. The third-order valence-electron chi connectivity index (χ3n) is 3.37. The summed E-state index contributed by atoms with van der Waals surface area (Å²) < 4.78 is 4.78. The number of fused-ring (bicyclic) bond motifs is 1. The minimum absolute atomic E-state index is 0.200. The van der Waals surface area contributed by atoms with Crippen LogP contribution in [0.4, 0.5) is 4.79 Å². The van der Waals surface area contributed by atoms with Gasteiger partial charge in [-0.3, -0.25) is 19.3 Å². The van der Waals surface area contributed by atoms with Crippen LogP contribution < -0.4 is 0 Å². The number of hydrogen-bond acceptors (Lipinski definition) is 6. The largest absolute Gasteiger partial charge is 0.465 e. The monoisotopic (exact) mass is 342 g/mol. The van der Waals surface area contributed by atoms with Crippen LogP contribution in [-0.4, -0.2) is 40.2 Å². The molecule has 1 aromatic heterocycles. The van der Waals surface area contributed by atoms with E-state index >= 15 is 0 Å². The Morgan fingerprint density at radius 3 is 2.83 bits per heavy atom. The normalized spacial score (nSPS) is 16.2. The molecular formula is C17H14N2O4S. The number of thioether (sulfide) groups is 1. The van der Waals surface area contributed by atoms with Crippen LogP contribution in [0.15, 0.2) is 41.3 Å². The summed E-state index contributed by atoms with van der Waals surface area (Å²) in [6.45, 7) is 1.49. The minimum atomic E-state index is -0.607. The summed E-state index contributed by atoms with van der Waals surface area (Å²) >= 11 is 0.793. The molecule has 0 N–H and O–H groups in total. The van der Waals surface area contributed by atoms with Crippen LogP contribution in [0.2, 0.25) is 0 Å². The first kappa shape index (κ1) is 16.2. The SMILES string of the molecule is CCOC(=O)CN1C(=O)S/C(=C\c2ccc3ccccc3n2)C1=O. The van der Waals surface area contributed by atoms with Crippen molar-refractivity contribution in [2.24, 2.45) is 0 Å². The first-order valence-electron chi connectivity index (χ1n) is 7.35. The number of carbonyl (C=O) groups is 3. The fraction of sp³-hybridized carbons (Fsp3) is 0.176. The maximum atomic E-state index is 12.3. The molecule has 3 rings (SSSR count). The lowest BCUT2D eigenvalue weighted by molar-refractivity contribution is -0.145. The number of benzene rings is 1. The third kappa shape index (κ3) is 3.30. The highest BCUT2D eigenvalue weighted by Crippen LogP contribution is 2.32. The van der Waals surface area contributed by atoms with Crippen molar-refractivity contribution >= 4 is 45.9 Å². The summed E-state index contributed by atoms with van der Waals surface area (Å²) in [5, 5.41) is 0.505. The Labute approximate surface area is 142 Å².